The molecule has 1 amide bonds. The molecule has 4 heteroatoms. The Hall–Kier alpha value is -0.280. The van der Waals surface area contributed by atoms with Crippen molar-refractivity contribution in [2.45, 2.75) is 46.5 Å². The summed E-state index contributed by atoms with van der Waals surface area (Å²) in [5, 5.41) is 6.42. The van der Waals surface area contributed by atoms with E-state index in [0.29, 0.717) is 18.3 Å². The summed E-state index contributed by atoms with van der Waals surface area (Å²) in [7, 11) is 0. The third-order valence-electron chi connectivity index (χ3n) is 3.95. The summed E-state index contributed by atoms with van der Waals surface area (Å²) in [5.74, 6) is 2.13. The molecule has 0 aliphatic carbocycles. The van der Waals surface area contributed by atoms with Crippen LogP contribution >= 0.6 is 12.4 Å². The quantitative estimate of drug-likeness (QED) is 0.750. The number of hydrogen-bond donors (Lipinski definition) is 2. The Bertz CT molecular complexity index is 228. The van der Waals surface area contributed by atoms with Crippen LogP contribution in [0.4, 0.5) is 0 Å². The minimum Gasteiger partial charge on any atom is -0.356 e. The van der Waals surface area contributed by atoms with Gasteiger partial charge in [0.2, 0.25) is 5.91 Å². The highest BCUT2D eigenvalue weighted by atomic mass is 35.5. The van der Waals surface area contributed by atoms with Gasteiger partial charge in [-0.05, 0) is 43.7 Å². The first-order valence-corrected chi connectivity index (χ1v) is 7.10. The van der Waals surface area contributed by atoms with Gasteiger partial charge in [-0.15, -0.1) is 12.4 Å². The third-order valence-corrected chi connectivity index (χ3v) is 3.95. The normalized spacial score (nSPS) is 20.6. The maximum Gasteiger partial charge on any atom is 0.220 e. The van der Waals surface area contributed by atoms with Crippen LogP contribution in [0.3, 0.4) is 0 Å². The fourth-order valence-electron chi connectivity index (χ4n) is 2.54. The molecule has 2 N–H and O–H groups in total. The zero-order valence-electron chi connectivity index (χ0n) is 12.0. The molecular formula is C14H29ClN2O. The lowest BCUT2D eigenvalue weighted by atomic mass is 9.90. The molecule has 18 heavy (non-hydrogen) atoms. The van der Waals surface area contributed by atoms with Gasteiger partial charge in [0.1, 0.15) is 0 Å². The monoisotopic (exact) mass is 276 g/mol. The molecule has 0 spiro atoms. The Morgan fingerprint density at radius 3 is 2.67 bits per heavy atom. The summed E-state index contributed by atoms with van der Waals surface area (Å²) >= 11 is 0. The number of nitrogens with one attached hydrogen (secondary N) is 2. The van der Waals surface area contributed by atoms with Crippen molar-refractivity contribution in [3.05, 3.63) is 0 Å². The van der Waals surface area contributed by atoms with Gasteiger partial charge in [0, 0.05) is 13.0 Å². The highest BCUT2D eigenvalue weighted by molar-refractivity contribution is 5.85. The highest BCUT2D eigenvalue weighted by Gasteiger charge is 2.17. The van der Waals surface area contributed by atoms with Crippen LogP contribution in [0.1, 0.15) is 46.5 Å². The molecule has 108 valence electrons. The maximum atomic E-state index is 11.8. The Kier molecular flexibility index (Phi) is 9.47. The molecule has 3 nitrogen and oxygen atoms in total. The van der Waals surface area contributed by atoms with E-state index >= 15 is 0 Å². The van der Waals surface area contributed by atoms with Crippen LogP contribution in [0.5, 0.6) is 0 Å². The zero-order chi connectivity index (χ0) is 12.7. The van der Waals surface area contributed by atoms with Crippen LogP contribution in [0, 0.1) is 17.8 Å². The van der Waals surface area contributed by atoms with Gasteiger partial charge in [-0.2, -0.15) is 0 Å². The molecule has 0 radical (unpaired) electrons. The molecule has 0 aromatic heterocycles. The Balaban J connectivity index is 0.00000289. The molecule has 0 bridgehead atoms. The van der Waals surface area contributed by atoms with Crippen LogP contribution in [0.2, 0.25) is 0 Å². The van der Waals surface area contributed by atoms with Crippen molar-refractivity contribution in [2.24, 2.45) is 17.8 Å². The number of rotatable bonds is 7. The number of halogens is 1. The fraction of sp³-hybridized carbons (Fsp3) is 0.929. The first kappa shape index (κ1) is 17.7. The summed E-state index contributed by atoms with van der Waals surface area (Å²) in [5.41, 5.74) is 0. The van der Waals surface area contributed by atoms with Gasteiger partial charge in [-0.1, -0.05) is 27.2 Å². The summed E-state index contributed by atoms with van der Waals surface area (Å²) in [6.07, 6.45) is 4.17. The average molecular weight is 277 g/mol. The molecular weight excluding hydrogens is 248 g/mol. The summed E-state index contributed by atoms with van der Waals surface area (Å²) in [4.78, 5) is 11.8. The number of amides is 1. The van der Waals surface area contributed by atoms with Crippen molar-refractivity contribution in [3.63, 3.8) is 0 Å². The van der Waals surface area contributed by atoms with E-state index < -0.39 is 0 Å². The summed E-state index contributed by atoms with van der Waals surface area (Å²) < 4.78 is 0. The van der Waals surface area contributed by atoms with E-state index in [-0.39, 0.29) is 18.3 Å². The standard InChI is InChI=1S/C14H28N2O.ClH/c1-4-13(11(2)3)9-14(17)16-8-6-12-5-7-15-10-12;/h11-13,15H,4-10H2,1-3H3,(H,16,17);1H. The first-order chi connectivity index (χ1) is 8.13. The van der Waals surface area contributed by atoms with Gasteiger partial charge in [0.15, 0.2) is 0 Å². The van der Waals surface area contributed by atoms with Crippen LogP contribution in [-0.2, 0) is 4.79 Å². The predicted octanol–water partition coefficient (Wildman–Crippen LogP) is 2.60. The van der Waals surface area contributed by atoms with Crippen LogP contribution in [0.25, 0.3) is 0 Å². The Morgan fingerprint density at radius 2 is 2.17 bits per heavy atom. The van der Waals surface area contributed by atoms with E-state index in [1.165, 1.54) is 6.42 Å². The molecule has 0 saturated carbocycles. The second-order valence-corrected chi connectivity index (χ2v) is 5.61. The molecule has 1 heterocycles. The smallest absolute Gasteiger partial charge is 0.220 e. The molecule has 1 saturated heterocycles. The molecule has 1 aliphatic heterocycles. The lowest BCUT2D eigenvalue weighted by molar-refractivity contribution is -0.122. The lowest BCUT2D eigenvalue weighted by Crippen LogP contribution is -2.29. The van der Waals surface area contributed by atoms with Crippen molar-refractivity contribution in [3.8, 4) is 0 Å². The fourth-order valence-corrected chi connectivity index (χ4v) is 2.54. The summed E-state index contributed by atoms with van der Waals surface area (Å²) in [6.45, 7) is 9.68. The van der Waals surface area contributed by atoms with Crippen molar-refractivity contribution in [2.75, 3.05) is 19.6 Å². The molecule has 1 aliphatic rings. The largest absolute Gasteiger partial charge is 0.356 e. The Labute approximate surface area is 118 Å². The third kappa shape index (κ3) is 6.60. The van der Waals surface area contributed by atoms with Crippen molar-refractivity contribution in [1.82, 2.24) is 10.6 Å². The van der Waals surface area contributed by atoms with E-state index in [9.17, 15) is 4.79 Å². The minimum absolute atomic E-state index is 0. The van der Waals surface area contributed by atoms with Crippen molar-refractivity contribution in [1.29, 1.82) is 0 Å². The molecule has 1 fully saturated rings. The molecule has 1 rings (SSSR count). The zero-order valence-corrected chi connectivity index (χ0v) is 12.8. The van der Waals surface area contributed by atoms with Gasteiger partial charge >= 0.3 is 0 Å². The summed E-state index contributed by atoms with van der Waals surface area (Å²) in [6, 6.07) is 0. The number of carbonyl (C=O) groups excluding carboxylic acids is 1. The van der Waals surface area contributed by atoms with E-state index in [0.717, 1.165) is 38.4 Å². The first-order valence-electron chi connectivity index (χ1n) is 7.10. The molecule has 2 unspecified atom stereocenters. The number of carbonyl (C=O) groups is 1. The Morgan fingerprint density at radius 1 is 1.44 bits per heavy atom. The second kappa shape index (κ2) is 9.62. The SMILES string of the molecule is CCC(CC(=O)NCCC1CCNC1)C(C)C.Cl. The van der Waals surface area contributed by atoms with E-state index in [4.69, 9.17) is 0 Å². The van der Waals surface area contributed by atoms with Gasteiger partial charge < -0.3 is 10.6 Å². The van der Waals surface area contributed by atoms with Gasteiger partial charge in [-0.3, -0.25) is 4.79 Å². The van der Waals surface area contributed by atoms with E-state index in [1.54, 1.807) is 0 Å². The van der Waals surface area contributed by atoms with Crippen molar-refractivity contribution < 1.29 is 4.79 Å². The molecule has 2 atom stereocenters. The topological polar surface area (TPSA) is 41.1 Å². The lowest BCUT2D eigenvalue weighted by Gasteiger charge is -2.18. The highest BCUT2D eigenvalue weighted by Crippen LogP contribution is 2.18. The van der Waals surface area contributed by atoms with Crippen LogP contribution < -0.4 is 10.6 Å². The molecule has 0 aromatic carbocycles. The van der Waals surface area contributed by atoms with Crippen LogP contribution in [-0.4, -0.2) is 25.5 Å². The maximum absolute atomic E-state index is 11.8. The second-order valence-electron chi connectivity index (χ2n) is 5.61. The van der Waals surface area contributed by atoms with Gasteiger partial charge in [0.05, 0.1) is 0 Å². The number of hydrogen-bond acceptors (Lipinski definition) is 2. The van der Waals surface area contributed by atoms with Crippen LogP contribution in [0.15, 0.2) is 0 Å². The van der Waals surface area contributed by atoms with Gasteiger partial charge in [0.25, 0.3) is 0 Å². The van der Waals surface area contributed by atoms with Crippen molar-refractivity contribution >= 4 is 18.3 Å². The van der Waals surface area contributed by atoms with E-state index in [1.807, 2.05) is 0 Å². The predicted molar refractivity (Wildman–Crippen MR) is 79.1 cm³/mol. The minimum atomic E-state index is 0. The van der Waals surface area contributed by atoms with Gasteiger partial charge in [-0.25, -0.2) is 0 Å². The average Bonchev–Trinajstić information content (AvgIpc) is 2.78. The molecule has 0 aromatic rings. The van der Waals surface area contributed by atoms with E-state index in [2.05, 4.69) is 31.4 Å².